The highest BCUT2D eigenvalue weighted by Crippen LogP contribution is 2.19. The zero-order valence-electron chi connectivity index (χ0n) is 9.77. The molecule has 6 nitrogen and oxygen atoms in total. The van der Waals surface area contributed by atoms with E-state index in [2.05, 4.69) is 15.6 Å². The van der Waals surface area contributed by atoms with Crippen LogP contribution in [0.15, 0.2) is 12.1 Å². The average Bonchev–Trinajstić information content (AvgIpc) is 2.30. The van der Waals surface area contributed by atoms with Gasteiger partial charge in [-0.1, -0.05) is 0 Å². The first-order valence-electron chi connectivity index (χ1n) is 5.76. The zero-order valence-corrected chi connectivity index (χ0v) is 9.77. The first-order chi connectivity index (χ1) is 8.16. The summed E-state index contributed by atoms with van der Waals surface area (Å²) in [6, 6.07) is 3.53. The third-order valence-corrected chi connectivity index (χ3v) is 2.90. The number of hydrogen-bond donors (Lipinski definition) is 2. The van der Waals surface area contributed by atoms with Gasteiger partial charge in [0.1, 0.15) is 11.5 Å². The molecule has 0 saturated carbocycles. The van der Waals surface area contributed by atoms with Gasteiger partial charge in [-0.3, -0.25) is 10.1 Å². The Kier molecular flexibility index (Phi) is 3.53. The second kappa shape index (κ2) is 5.09. The van der Waals surface area contributed by atoms with Crippen molar-refractivity contribution in [3.05, 3.63) is 27.9 Å². The fourth-order valence-electron chi connectivity index (χ4n) is 2.01. The number of pyridine rings is 1. The van der Waals surface area contributed by atoms with E-state index < -0.39 is 4.92 Å². The van der Waals surface area contributed by atoms with Crippen molar-refractivity contribution in [1.82, 2.24) is 10.3 Å². The normalized spacial score (nSPS) is 19.9. The van der Waals surface area contributed by atoms with Crippen molar-refractivity contribution >= 4 is 11.5 Å². The molecule has 0 radical (unpaired) electrons. The van der Waals surface area contributed by atoms with E-state index in [-0.39, 0.29) is 5.69 Å². The molecule has 1 fully saturated rings. The molecule has 6 heteroatoms. The maximum absolute atomic E-state index is 10.7. The summed E-state index contributed by atoms with van der Waals surface area (Å²) < 4.78 is 0. The summed E-state index contributed by atoms with van der Waals surface area (Å²) in [6.07, 6.45) is 2.24. The van der Waals surface area contributed by atoms with Crippen LogP contribution < -0.4 is 10.6 Å². The molecule has 1 aliphatic heterocycles. The molecule has 17 heavy (non-hydrogen) atoms. The Hall–Kier alpha value is -1.69. The minimum Gasteiger partial charge on any atom is -0.366 e. The summed E-state index contributed by atoms with van der Waals surface area (Å²) in [7, 11) is 0. The van der Waals surface area contributed by atoms with Crippen molar-refractivity contribution in [1.29, 1.82) is 0 Å². The van der Waals surface area contributed by atoms with Gasteiger partial charge in [0, 0.05) is 18.7 Å². The molecule has 0 spiro atoms. The van der Waals surface area contributed by atoms with E-state index in [1.807, 2.05) is 0 Å². The van der Waals surface area contributed by atoms with Gasteiger partial charge in [0.2, 0.25) is 0 Å². The van der Waals surface area contributed by atoms with Gasteiger partial charge in [-0.2, -0.15) is 0 Å². The molecule has 2 heterocycles. The quantitative estimate of drug-likeness (QED) is 0.613. The van der Waals surface area contributed by atoms with Gasteiger partial charge in [0.25, 0.3) is 5.69 Å². The van der Waals surface area contributed by atoms with Crippen LogP contribution in [0.2, 0.25) is 0 Å². The summed E-state index contributed by atoms with van der Waals surface area (Å²) in [5.74, 6) is 0.710. The van der Waals surface area contributed by atoms with Gasteiger partial charge in [-0.15, -0.1) is 0 Å². The molecule has 1 unspecified atom stereocenters. The molecule has 0 amide bonds. The molecule has 92 valence electrons. The summed E-state index contributed by atoms with van der Waals surface area (Å²) in [6.45, 7) is 3.63. The van der Waals surface area contributed by atoms with Crippen molar-refractivity contribution < 1.29 is 4.92 Å². The summed E-state index contributed by atoms with van der Waals surface area (Å²) >= 11 is 0. The number of rotatable bonds is 3. The van der Waals surface area contributed by atoms with E-state index in [9.17, 15) is 10.1 Å². The fourth-order valence-corrected chi connectivity index (χ4v) is 2.01. The van der Waals surface area contributed by atoms with E-state index in [0.717, 1.165) is 25.9 Å². The van der Waals surface area contributed by atoms with E-state index in [0.29, 0.717) is 17.6 Å². The minimum absolute atomic E-state index is 0.0670. The number of nitro groups is 1. The predicted octanol–water partition coefficient (Wildman–Crippen LogP) is 1.46. The summed E-state index contributed by atoms with van der Waals surface area (Å²) in [5, 5.41) is 17.3. The lowest BCUT2D eigenvalue weighted by atomic mass is 10.1. The predicted molar refractivity (Wildman–Crippen MR) is 65.1 cm³/mol. The SMILES string of the molecule is Cc1nc(NC2CCCNC2)ccc1[N+](=O)[O-]. The van der Waals surface area contributed by atoms with Crippen molar-refractivity contribution in [3.8, 4) is 0 Å². The van der Waals surface area contributed by atoms with Gasteiger partial charge < -0.3 is 10.6 Å². The number of piperidine rings is 1. The lowest BCUT2D eigenvalue weighted by Crippen LogP contribution is -2.38. The monoisotopic (exact) mass is 236 g/mol. The van der Waals surface area contributed by atoms with Crippen LogP contribution >= 0.6 is 0 Å². The smallest absolute Gasteiger partial charge is 0.290 e. The number of aromatic nitrogens is 1. The fraction of sp³-hybridized carbons (Fsp3) is 0.545. The molecule has 2 N–H and O–H groups in total. The van der Waals surface area contributed by atoms with Gasteiger partial charge >= 0.3 is 0 Å². The molecule has 2 rings (SSSR count). The Bertz CT molecular complexity index is 416. The Labute approximate surface area is 99.6 Å². The molecule has 1 aromatic rings. The highest BCUT2D eigenvalue weighted by Gasteiger charge is 2.15. The third-order valence-electron chi connectivity index (χ3n) is 2.90. The average molecular weight is 236 g/mol. The van der Waals surface area contributed by atoms with Crippen LogP contribution in [0, 0.1) is 17.0 Å². The maximum Gasteiger partial charge on any atom is 0.290 e. The molecule has 0 aliphatic carbocycles. The van der Waals surface area contributed by atoms with Crippen LogP contribution in [-0.4, -0.2) is 29.0 Å². The van der Waals surface area contributed by atoms with Gasteiger partial charge in [0.15, 0.2) is 0 Å². The second-order valence-electron chi connectivity index (χ2n) is 4.25. The van der Waals surface area contributed by atoms with Crippen molar-refractivity contribution in [2.24, 2.45) is 0 Å². The van der Waals surface area contributed by atoms with Gasteiger partial charge in [0.05, 0.1) is 4.92 Å². The Morgan fingerprint density at radius 1 is 1.59 bits per heavy atom. The Morgan fingerprint density at radius 3 is 3.00 bits per heavy atom. The maximum atomic E-state index is 10.7. The highest BCUT2D eigenvalue weighted by atomic mass is 16.6. The first-order valence-corrected chi connectivity index (χ1v) is 5.76. The molecule has 0 aromatic carbocycles. The third kappa shape index (κ3) is 2.91. The van der Waals surface area contributed by atoms with Gasteiger partial charge in [-0.25, -0.2) is 4.98 Å². The number of nitrogens with one attached hydrogen (secondary N) is 2. The topological polar surface area (TPSA) is 80.1 Å². The molecule has 0 bridgehead atoms. The Morgan fingerprint density at radius 2 is 2.41 bits per heavy atom. The van der Waals surface area contributed by atoms with E-state index in [1.54, 1.807) is 13.0 Å². The molecule has 1 aromatic heterocycles. The van der Waals surface area contributed by atoms with Crippen LogP contribution in [-0.2, 0) is 0 Å². The minimum atomic E-state index is -0.408. The number of anilines is 1. The Balaban J connectivity index is 2.06. The number of nitrogens with zero attached hydrogens (tertiary/aromatic N) is 2. The van der Waals surface area contributed by atoms with Crippen molar-refractivity contribution in [2.75, 3.05) is 18.4 Å². The van der Waals surface area contributed by atoms with Gasteiger partial charge in [-0.05, 0) is 32.4 Å². The lowest BCUT2D eigenvalue weighted by molar-refractivity contribution is -0.385. The van der Waals surface area contributed by atoms with Crippen LogP contribution in [0.25, 0.3) is 0 Å². The second-order valence-corrected chi connectivity index (χ2v) is 4.25. The molecule has 1 aliphatic rings. The van der Waals surface area contributed by atoms with E-state index >= 15 is 0 Å². The van der Waals surface area contributed by atoms with Crippen LogP contribution in [0.1, 0.15) is 18.5 Å². The molecule has 1 atom stereocenters. The largest absolute Gasteiger partial charge is 0.366 e. The van der Waals surface area contributed by atoms with Crippen molar-refractivity contribution in [3.63, 3.8) is 0 Å². The van der Waals surface area contributed by atoms with E-state index in [1.165, 1.54) is 6.07 Å². The van der Waals surface area contributed by atoms with Crippen molar-refractivity contribution in [2.45, 2.75) is 25.8 Å². The van der Waals surface area contributed by atoms with E-state index in [4.69, 9.17) is 0 Å². The summed E-state index contributed by atoms with van der Waals surface area (Å²) in [4.78, 5) is 14.5. The molecular weight excluding hydrogens is 220 g/mol. The van der Waals surface area contributed by atoms with Crippen LogP contribution in [0.4, 0.5) is 11.5 Å². The zero-order chi connectivity index (χ0) is 12.3. The molecular formula is C11H16N4O2. The summed E-state index contributed by atoms with van der Waals surface area (Å²) in [5.41, 5.74) is 0.515. The lowest BCUT2D eigenvalue weighted by Gasteiger charge is -2.24. The highest BCUT2D eigenvalue weighted by molar-refractivity contribution is 5.45. The number of hydrogen-bond acceptors (Lipinski definition) is 5. The first kappa shape index (κ1) is 11.8. The van der Waals surface area contributed by atoms with Crippen LogP contribution in [0.5, 0.6) is 0 Å². The van der Waals surface area contributed by atoms with Crippen LogP contribution in [0.3, 0.4) is 0 Å². The molecule has 1 saturated heterocycles. The standard InChI is InChI=1S/C11H16N4O2/c1-8-10(15(16)17)4-5-11(13-8)14-9-3-2-6-12-7-9/h4-5,9,12H,2-3,6-7H2,1H3,(H,13,14). The number of aryl methyl sites for hydroxylation is 1.